The van der Waals surface area contributed by atoms with E-state index in [-0.39, 0.29) is 6.10 Å². The molecule has 4 nitrogen and oxygen atoms in total. The smallest absolute Gasteiger partial charge is 0.237 e. The highest BCUT2D eigenvalue weighted by Gasteiger charge is 2.15. The molecule has 1 atom stereocenters. The molecule has 1 unspecified atom stereocenters. The SMILES string of the molecule is CCc1cnc2c(n1)OC(C)CNC2. The number of fused-ring (bicyclic) bond motifs is 1. The van der Waals surface area contributed by atoms with E-state index < -0.39 is 0 Å². The number of aromatic nitrogens is 2. The molecule has 1 aromatic rings. The first kappa shape index (κ1) is 9.40. The minimum absolute atomic E-state index is 0.164. The van der Waals surface area contributed by atoms with Crippen LogP contribution in [0.4, 0.5) is 0 Å². The van der Waals surface area contributed by atoms with Crippen LogP contribution in [0.15, 0.2) is 6.20 Å². The molecule has 0 fully saturated rings. The molecule has 0 spiro atoms. The molecule has 0 radical (unpaired) electrons. The van der Waals surface area contributed by atoms with Gasteiger partial charge >= 0.3 is 0 Å². The Morgan fingerprint density at radius 1 is 1.64 bits per heavy atom. The van der Waals surface area contributed by atoms with E-state index in [0.717, 1.165) is 30.9 Å². The van der Waals surface area contributed by atoms with Crippen LogP contribution in [0.1, 0.15) is 25.2 Å². The zero-order chi connectivity index (χ0) is 9.97. The molecule has 2 heterocycles. The van der Waals surface area contributed by atoms with E-state index in [0.29, 0.717) is 5.88 Å². The van der Waals surface area contributed by atoms with Crippen molar-refractivity contribution in [3.63, 3.8) is 0 Å². The van der Waals surface area contributed by atoms with Crippen molar-refractivity contribution in [2.45, 2.75) is 32.9 Å². The van der Waals surface area contributed by atoms with Gasteiger partial charge in [-0.3, -0.25) is 4.98 Å². The van der Waals surface area contributed by atoms with Gasteiger partial charge in [0.2, 0.25) is 5.88 Å². The summed E-state index contributed by atoms with van der Waals surface area (Å²) in [4.78, 5) is 8.75. The van der Waals surface area contributed by atoms with Crippen molar-refractivity contribution in [2.75, 3.05) is 6.54 Å². The number of aryl methyl sites for hydroxylation is 1. The summed E-state index contributed by atoms with van der Waals surface area (Å²) >= 11 is 0. The van der Waals surface area contributed by atoms with Crippen LogP contribution in [0.2, 0.25) is 0 Å². The summed E-state index contributed by atoms with van der Waals surface area (Å²) in [5.74, 6) is 0.696. The van der Waals surface area contributed by atoms with Gasteiger partial charge in [-0.1, -0.05) is 6.92 Å². The van der Waals surface area contributed by atoms with E-state index in [1.165, 1.54) is 0 Å². The average molecular weight is 193 g/mol. The maximum Gasteiger partial charge on any atom is 0.237 e. The lowest BCUT2D eigenvalue weighted by atomic mass is 10.3. The van der Waals surface area contributed by atoms with Crippen LogP contribution in [0.3, 0.4) is 0 Å². The van der Waals surface area contributed by atoms with Crippen molar-refractivity contribution < 1.29 is 4.74 Å². The summed E-state index contributed by atoms with van der Waals surface area (Å²) in [6.07, 6.45) is 2.88. The quantitative estimate of drug-likeness (QED) is 0.720. The third-order valence-electron chi connectivity index (χ3n) is 2.26. The number of nitrogens with zero attached hydrogens (tertiary/aromatic N) is 2. The lowest BCUT2D eigenvalue weighted by Gasteiger charge is -2.10. The van der Waals surface area contributed by atoms with Gasteiger partial charge in [-0.15, -0.1) is 0 Å². The summed E-state index contributed by atoms with van der Waals surface area (Å²) < 4.78 is 5.66. The Labute approximate surface area is 83.7 Å². The van der Waals surface area contributed by atoms with Crippen molar-refractivity contribution in [3.8, 4) is 5.88 Å². The molecule has 0 aromatic carbocycles. The molecule has 0 bridgehead atoms. The summed E-state index contributed by atoms with van der Waals surface area (Å²) in [6, 6.07) is 0. The molecule has 1 aliphatic rings. The highest BCUT2D eigenvalue weighted by atomic mass is 16.5. The van der Waals surface area contributed by atoms with Crippen molar-refractivity contribution in [3.05, 3.63) is 17.6 Å². The third-order valence-corrected chi connectivity index (χ3v) is 2.26. The molecule has 1 N–H and O–H groups in total. The van der Waals surface area contributed by atoms with Crippen LogP contribution < -0.4 is 10.1 Å². The van der Waals surface area contributed by atoms with Crippen molar-refractivity contribution >= 4 is 0 Å². The zero-order valence-corrected chi connectivity index (χ0v) is 8.58. The Hall–Kier alpha value is -1.16. The minimum atomic E-state index is 0.164. The normalized spacial score (nSPS) is 20.9. The Balaban J connectivity index is 2.32. The molecule has 0 saturated carbocycles. The van der Waals surface area contributed by atoms with E-state index in [2.05, 4.69) is 22.2 Å². The number of hydrogen-bond acceptors (Lipinski definition) is 4. The molecule has 0 aliphatic carbocycles. The molecular weight excluding hydrogens is 178 g/mol. The first-order valence-corrected chi connectivity index (χ1v) is 5.01. The van der Waals surface area contributed by atoms with Crippen LogP contribution >= 0.6 is 0 Å². The van der Waals surface area contributed by atoms with Gasteiger partial charge < -0.3 is 10.1 Å². The van der Waals surface area contributed by atoms with Gasteiger partial charge in [0.15, 0.2) is 0 Å². The monoisotopic (exact) mass is 193 g/mol. The largest absolute Gasteiger partial charge is 0.472 e. The molecule has 4 heteroatoms. The highest BCUT2D eigenvalue weighted by molar-refractivity contribution is 5.21. The number of ether oxygens (including phenoxy) is 1. The maximum atomic E-state index is 5.66. The van der Waals surface area contributed by atoms with E-state index in [9.17, 15) is 0 Å². The fourth-order valence-electron chi connectivity index (χ4n) is 1.44. The van der Waals surface area contributed by atoms with Gasteiger partial charge in [-0.2, -0.15) is 0 Å². The van der Waals surface area contributed by atoms with Crippen LogP contribution in [0.25, 0.3) is 0 Å². The number of hydrogen-bond donors (Lipinski definition) is 1. The Kier molecular flexibility index (Phi) is 2.63. The first-order chi connectivity index (χ1) is 6.79. The van der Waals surface area contributed by atoms with Crippen LogP contribution in [0.5, 0.6) is 5.88 Å². The van der Waals surface area contributed by atoms with Crippen molar-refractivity contribution in [2.24, 2.45) is 0 Å². The molecule has 0 saturated heterocycles. The summed E-state index contributed by atoms with van der Waals surface area (Å²) in [5.41, 5.74) is 1.89. The van der Waals surface area contributed by atoms with Gasteiger partial charge in [-0.05, 0) is 13.3 Å². The first-order valence-electron chi connectivity index (χ1n) is 5.01. The average Bonchev–Trinajstić information content (AvgIpc) is 2.37. The minimum Gasteiger partial charge on any atom is -0.472 e. The second-order valence-corrected chi connectivity index (χ2v) is 3.53. The van der Waals surface area contributed by atoms with E-state index in [4.69, 9.17) is 4.74 Å². The standard InChI is InChI=1S/C10H15N3O/c1-3-8-5-12-9-6-11-4-7(2)14-10(9)13-8/h5,7,11H,3-4,6H2,1-2H3. The Morgan fingerprint density at radius 2 is 2.50 bits per heavy atom. The topological polar surface area (TPSA) is 47.0 Å². The van der Waals surface area contributed by atoms with Gasteiger partial charge in [0, 0.05) is 19.3 Å². The van der Waals surface area contributed by atoms with Crippen LogP contribution in [-0.4, -0.2) is 22.6 Å². The predicted octanol–water partition coefficient (Wildman–Crippen LogP) is 0.909. The molecular formula is C10H15N3O. The number of rotatable bonds is 1. The lowest BCUT2D eigenvalue weighted by Crippen LogP contribution is -2.25. The van der Waals surface area contributed by atoms with E-state index in [1.54, 1.807) is 0 Å². The zero-order valence-electron chi connectivity index (χ0n) is 8.58. The van der Waals surface area contributed by atoms with E-state index >= 15 is 0 Å². The molecule has 2 rings (SSSR count). The maximum absolute atomic E-state index is 5.66. The predicted molar refractivity (Wildman–Crippen MR) is 53.2 cm³/mol. The second-order valence-electron chi connectivity index (χ2n) is 3.53. The van der Waals surface area contributed by atoms with Gasteiger partial charge in [0.05, 0.1) is 5.69 Å². The van der Waals surface area contributed by atoms with E-state index in [1.807, 2.05) is 13.1 Å². The van der Waals surface area contributed by atoms with Crippen LogP contribution in [-0.2, 0) is 13.0 Å². The molecule has 14 heavy (non-hydrogen) atoms. The molecule has 76 valence electrons. The Bertz CT molecular complexity index is 327. The lowest BCUT2D eigenvalue weighted by molar-refractivity contribution is 0.217. The summed E-state index contributed by atoms with van der Waals surface area (Å²) in [5, 5.41) is 3.26. The Morgan fingerprint density at radius 3 is 3.29 bits per heavy atom. The molecule has 0 amide bonds. The van der Waals surface area contributed by atoms with Crippen molar-refractivity contribution in [1.29, 1.82) is 0 Å². The van der Waals surface area contributed by atoms with Gasteiger partial charge in [-0.25, -0.2) is 4.98 Å². The van der Waals surface area contributed by atoms with Crippen molar-refractivity contribution in [1.82, 2.24) is 15.3 Å². The number of nitrogens with one attached hydrogen (secondary N) is 1. The fraction of sp³-hybridized carbons (Fsp3) is 0.600. The molecule has 1 aliphatic heterocycles. The summed E-state index contributed by atoms with van der Waals surface area (Å²) in [7, 11) is 0. The fourth-order valence-corrected chi connectivity index (χ4v) is 1.44. The van der Waals surface area contributed by atoms with Gasteiger partial charge in [0.25, 0.3) is 0 Å². The second kappa shape index (κ2) is 3.92. The van der Waals surface area contributed by atoms with Crippen LogP contribution in [0, 0.1) is 0 Å². The highest BCUT2D eigenvalue weighted by Crippen LogP contribution is 2.17. The summed E-state index contributed by atoms with van der Waals surface area (Å²) in [6.45, 7) is 5.69. The molecule has 1 aromatic heterocycles. The third kappa shape index (κ3) is 1.85. The van der Waals surface area contributed by atoms with Gasteiger partial charge in [0.1, 0.15) is 11.8 Å².